The fourth-order valence-corrected chi connectivity index (χ4v) is 4.83. The number of aliphatic hydroxyl groups is 1. The van der Waals surface area contributed by atoms with E-state index in [1.165, 1.54) is 0 Å². The van der Waals surface area contributed by atoms with Crippen LogP contribution in [0.5, 0.6) is 11.5 Å². The molecule has 1 aliphatic heterocycles. The predicted molar refractivity (Wildman–Crippen MR) is 157 cm³/mol. The van der Waals surface area contributed by atoms with Gasteiger partial charge in [0, 0.05) is 43.4 Å². The first kappa shape index (κ1) is 34.0. The summed E-state index contributed by atoms with van der Waals surface area (Å²) in [5.41, 5.74) is 0.602. The van der Waals surface area contributed by atoms with Gasteiger partial charge in [-0.3, -0.25) is 19.3 Å². The number of carbonyl (C=O) groups is 3. The normalized spacial score (nSPS) is 14.6. The Kier molecular flexibility index (Phi) is 11.9. The molecule has 0 bridgehead atoms. The number of benzene rings is 2. The van der Waals surface area contributed by atoms with E-state index in [0.717, 1.165) is 48.6 Å². The Morgan fingerprint density at radius 2 is 1.66 bits per heavy atom. The molecule has 13 nitrogen and oxygen atoms in total. The van der Waals surface area contributed by atoms with Crippen LogP contribution in [0.25, 0.3) is 11.0 Å². The number of aliphatic carboxylic acids is 3. The van der Waals surface area contributed by atoms with E-state index in [0.29, 0.717) is 29.6 Å². The molecule has 0 saturated carbocycles. The summed E-state index contributed by atoms with van der Waals surface area (Å²) in [6.45, 7) is 4.60. The zero-order chi connectivity index (χ0) is 32.4. The molecule has 238 valence electrons. The number of hydrogen-bond donors (Lipinski definition) is 4. The lowest BCUT2D eigenvalue weighted by molar-refractivity contribution is -0.170. The fourth-order valence-electron chi connectivity index (χ4n) is 4.83. The third-order valence-electron chi connectivity index (χ3n) is 7.05. The van der Waals surface area contributed by atoms with Crippen LogP contribution in [0, 0.1) is 6.92 Å². The van der Waals surface area contributed by atoms with E-state index in [9.17, 15) is 19.2 Å². The monoisotopic (exact) mass is 615 g/mol. The maximum Gasteiger partial charge on any atom is 0.336 e. The zero-order valence-corrected chi connectivity index (χ0v) is 24.8. The Hall–Kier alpha value is -4.46. The molecule has 4 rings (SSSR count). The molecule has 44 heavy (non-hydrogen) atoms. The average molecular weight is 616 g/mol. The fraction of sp³-hybridized carbons (Fsp3) is 0.419. The van der Waals surface area contributed by atoms with Crippen molar-refractivity contribution in [2.75, 3.05) is 27.4 Å². The van der Waals surface area contributed by atoms with Gasteiger partial charge in [-0.05, 0) is 38.0 Å². The van der Waals surface area contributed by atoms with Crippen LogP contribution in [0.3, 0.4) is 0 Å². The van der Waals surface area contributed by atoms with Crippen LogP contribution in [0.15, 0.2) is 51.9 Å². The van der Waals surface area contributed by atoms with E-state index >= 15 is 0 Å². The van der Waals surface area contributed by atoms with Crippen molar-refractivity contribution in [2.45, 2.75) is 57.4 Å². The van der Waals surface area contributed by atoms with Crippen LogP contribution in [0.1, 0.15) is 42.4 Å². The third-order valence-corrected chi connectivity index (χ3v) is 7.05. The van der Waals surface area contributed by atoms with Gasteiger partial charge in [-0.1, -0.05) is 17.7 Å². The highest BCUT2D eigenvalue weighted by Gasteiger charge is 2.40. The second-order valence-electron chi connectivity index (χ2n) is 10.5. The summed E-state index contributed by atoms with van der Waals surface area (Å²) in [5.74, 6) is -3.51. The van der Waals surface area contributed by atoms with Crippen LogP contribution in [0.2, 0.25) is 0 Å². The molecule has 1 saturated heterocycles. The molecule has 1 atom stereocenters. The second kappa shape index (κ2) is 15.3. The first-order valence-corrected chi connectivity index (χ1v) is 13.8. The largest absolute Gasteiger partial charge is 0.497 e. The molecule has 0 aliphatic carbocycles. The maximum atomic E-state index is 13.2. The number of hydrogen-bond acceptors (Lipinski definition) is 10. The van der Waals surface area contributed by atoms with Crippen molar-refractivity contribution in [3.63, 3.8) is 0 Å². The van der Waals surface area contributed by atoms with Crippen molar-refractivity contribution in [1.82, 2.24) is 4.90 Å². The van der Waals surface area contributed by atoms with Crippen LogP contribution in [-0.2, 0) is 32.2 Å². The molecule has 0 radical (unpaired) electrons. The average Bonchev–Trinajstić information content (AvgIpc) is 3.47. The van der Waals surface area contributed by atoms with Gasteiger partial charge in [-0.2, -0.15) is 0 Å². The van der Waals surface area contributed by atoms with Gasteiger partial charge in [0.25, 0.3) is 0 Å². The number of fused-ring (bicyclic) bond motifs is 1. The second-order valence-corrected chi connectivity index (χ2v) is 10.5. The molecule has 0 spiro atoms. The molecule has 2 heterocycles. The Morgan fingerprint density at radius 1 is 0.977 bits per heavy atom. The first-order chi connectivity index (χ1) is 20.8. The highest BCUT2D eigenvalue weighted by atomic mass is 16.5. The quantitative estimate of drug-likeness (QED) is 0.219. The zero-order valence-electron chi connectivity index (χ0n) is 24.8. The van der Waals surface area contributed by atoms with Gasteiger partial charge in [0.15, 0.2) is 11.0 Å². The van der Waals surface area contributed by atoms with Crippen molar-refractivity contribution < 1.29 is 53.4 Å². The molecule has 1 fully saturated rings. The molecule has 13 heteroatoms. The number of methoxy groups -OCH3 is 2. The van der Waals surface area contributed by atoms with Crippen LogP contribution < -0.4 is 14.9 Å². The van der Waals surface area contributed by atoms with E-state index < -0.39 is 36.4 Å². The molecular formula is C31H37NO12. The predicted octanol–water partition coefficient (Wildman–Crippen LogP) is 3.05. The van der Waals surface area contributed by atoms with Crippen molar-refractivity contribution in [1.29, 1.82) is 0 Å². The lowest BCUT2D eigenvalue weighted by atomic mass is 9.96. The minimum absolute atomic E-state index is 0.0176. The van der Waals surface area contributed by atoms with Crippen LogP contribution in [-0.4, -0.2) is 82.3 Å². The molecule has 4 N–H and O–H groups in total. The Labute approximate surface area is 253 Å². The molecule has 1 unspecified atom stereocenters. The summed E-state index contributed by atoms with van der Waals surface area (Å²) in [4.78, 5) is 45.9. The standard InChI is InChI=1S/C25H29NO5.C6H8O7/c1-17-6-9-23-22(11-17)25(27)19(16-31-23)14-26(15-21-5-4-10-30-21)13-18-7-8-20(28-2)12-24(18)29-3;7-3(8)1-6(13,5(11)12)2-4(9)10/h6-9,11-12,16,21H,4-5,10,13-15H2,1-3H3;13H,1-2H2,(H,7,8)(H,9,10)(H,11,12). The summed E-state index contributed by atoms with van der Waals surface area (Å²) < 4.78 is 22.6. The van der Waals surface area contributed by atoms with E-state index in [2.05, 4.69) is 4.90 Å². The first-order valence-electron chi connectivity index (χ1n) is 13.8. The number of carboxylic acid groups (broad SMARTS) is 3. The van der Waals surface area contributed by atoms with Gasteiger partial charge in [0.05, 0.1) is 44.8 Å². The SMILES string of the molecule is COc1ccc(CN(Cc2coc3ccc(C)cc3c2=O)CC2CCCO2)c(OC)c1.O=C(O)CC(O)(CC(=O)O)C(=O)O. The highest BCUT2D eigenvalue weighted by Crippen LogP contribution is 2.27. The Bertz CT molecular complexity index is 1510. The Balaban J connectivity index is 0.000000345. The molecular weight excluding hydrogens is 578 g/mol. The number of ether oxygens (including phenoxy) is 3. The molecule has 1 aromatic heterocycles. The maximum absolute atomic E-state index is 13.2. The summed E-state index contributed by atoms with van der Waals surface area (Å²) >= 11 is 0. The van der Waals surface area contributed by atoms with Crippen LogP contribution in [0.4, 0.5) is 0 Å². The number of nitrogens with zero attached hydrogens (tertiary/aromatic N) is 1. The summed E-state index contributed by atoms with van der Waals surface area (Å²) in [5, 5.41) is 34.4. The summed E-state index contributed by atoms with van der Waals surface area (Å²) in [6.07, 6.45) is 1.57. The topological polar surface area (TPSA) is 193 Å². The van der Waals surface area contributed by atoms with Crippen molar-refractivity contribution in [3.05, 3.63) is 69.6 Å². The van der Waals surface area contributed by atoms with Gasteiger partial charge in [0.2, 0.25) is 0 Å². The number of rotatable bonds is 13. The highest BCUT2D eigenvalue weighted by molar-refractivity contribution is 5.88. The molecule has 2 aromatic carbocycles. The van der Waals surface area contributed by atoms with Gasteiger partial charge in [-0.25, -0.2) is 4.79 Å². The van der Waals surface area contributed by atoms with Gasteiger partial charge < -0.3 is 39.1 Å². The lowest BCUT2D eigenvalue weighted by Gasteiger charge is -2.26. The van der Waals surface area contributed by atoms with Gasteiger partial charge in [0.1, 0.15) is 17.1 Å². The third kappa shape index (κ3) is 9.27. The smallest absolute Gasteiger partial charge is 0.336 e. The molecule has 1 aliphatic rings. The number of carboxylic acids is 3. The van der Waals surface area contributed by atoms with Gasteiger partial charge in [-0.15, -0.1) is 0 Å². The van der Waals surface area contributed by atoms with Gasteiger partial charge >= 0.3 is 17.9 Å². The molecule has 3 aromatic rings. The Morgan fingerprint density at radius 3 is 2.23 bits per heavy atom. The van der Waals surface area contributed by atoms with E-state index in [4.69, 9.17) is 39.1 Å². The minimum atomic E-state index is -2.74. The van der Waals surface area contributed by atoms with E-state index in [-0.39, 0.29) is 11.5 Å². The lowest BCUT2D eigenvalue weighted by Crippen LogP contribution is -2.42. The van der Waals surface area contributed by atoms with Crippen LogP contribution >= 0.6 is 0 Å². The van der Waals surface area contributed by atoms with Crippen molar-refractivity contribution >= 4 is 28.9 Å². The van der Waals surface area contributed by atoms with Crippen molar-refractivity contribution in [2.24, 2.45) is 0 Å². The minimum Gasteiger partial charge on any atom is -0.497 e. The summed E-state index contributed by atoms with van der Waals surface area (Å²) in [7, 11) is 3.29. The number of aryl methyl sites for hydroxylation is 1. The van der Waals surface area contributed by atoms with E-state index in [1.807, 2.05) is 43.3 Å². The van der Waals surface area contributed by atoms with E-state index in [1.54, 1.807) is 20.5 Å². The van der Waals surface area contributed by atoms with Crippen molar-refractivity contribution in [3.8, 4) is 11.5 Å². The molecule has 0 amide bonds. The summed E-state index contributed by atoms with van der Waals surface area (Å²) in [6, 6.07) is 11.5.